The number of ether oxygens (including phenoxy) is 3. The molecule has 1 aliphatic heterocycles. The minimum Gasteiger partial charge on any atom is -0.497 e. The molecule has 2 atom stereocenters. The van der Waals surface area contributed by atoms with Gasteiger partial charge in [0.15, 0.2) is 0 Å². The summed E-state index contributed by atoms with van der Waals surface area (Å²) in [5.41, 5.74) is 0.0250. The minimum absolute atomic E-state index is 0.211. The molecule has 1 aromatic carbocycles. The van der Waals surface area contributed by atoms with Crippen molar-refractivity contribution in [2.24, 2.45) is 0 Å². The smallest absolute Gasteiger partial charge is 0.408 e. The van der Waals surface area contributed by atoms with E-state index >= 15 is 0 Å². The number of benzene rings is 1. The first-order valence-corrected chi connectivity index (χ1v) is 7.72. The van der Waals surface area contributed by atoms with Gasteiger partial charge in [0.2, 0.25) is 0 Å². The third-order valence-electron chi connectivity index (χ3n) is 3.71. The molecule has 2 unspecified atom stereocenters. The number of hydrogen-bond donors (Lipinski definition) is 1. The predicted molar refractivity (Wildman–Crippen MR) is 89.7 cm³/mol. The van der Waals surface area contributed by atoms with Crippen LogP contribution >= 0.6 is 0 Å². The summed E-state index contributed by atoms with van der Waals surface area (Å²) in [5, 5.41) is 2.61. The normalized spacial score (nSPS) is 20.2. The third kappa shape index (κ3) is 3.55. The molecule has 7 nitrogen and oxygen atoms in total. The molecule has 1 fully saturated rings. The Kier molecular flexibility index (Phi) is 4.91. The summed E-state index contributed by atoms with van der Waals surface area (Å²) in [6, 6.07) is 4.39. The summed E-state index contributed by atoms with van der Waals surface area (Å²) < 4.78 is 15.7. The van der Waals surface area contributed by atoms with Gasteiger partial charge in [-0.15, -0.1) is 0 Å². The van der Waals surface area contributed by atoms with E-state index < -0.39 is 17.7 Å². The molecule has 0 aliphatic carbocycles. The van der Waals surface area contributed by atoms with Crippen molar-refractivity contribution in [3.05, 3.63) is 18.2 Å². The monoisotopic (exact) mass is 336 g/mol. The van der Waals surface area contributed by atoms with Crippen LogP contribution in [0.25, 0.3) is 0 Å². The first kappa shape index (κ1) is 17.9. The second kappa shape index (κ2) is 6.59. The minimum atomic E-state index is -0.619. The van der Waals surface area contributed by atoms with E-state index in [0.717, 1.165) is 0 Å². The number of anilines is 1. The molecule has 7 heteroatoms. The van der Waals surface area contributed by atoms with Crippen LogP contribution in [0.1, 0.15) is 27.7 Å². The van der Waals surface area contributed by atoms with E-state index in [9.17, 15) is 9.59 Å². The van der Waals surface area contributed by atoms with Crippen LogP contribution in [0.15, 0.2) is 18.2 Å². The molecule has 0 bridgehead atoms. The van der Waals surface area contributed by atoms with Crippen LogP contribution in [0.2, 0.25) is 0 Å². The molecule has 1 aliphatic rings. The van der Waals surface area contributed by atoms with Crippen molar-refractivity contribution in [2.45, 2.75) is 45.4 Å². The fourth-order valence-corrected chi connectivity index (χ4v) is 2.56. The highest BCUT2D eigenvalue weighted by Crippen LogP contribution is 2.37. The number of β-lactam (4-membered cyclic amide) rings is 1. The Bertz CT molecular complexity index is 638. The molecule has 0 saturated carbocycles. The predicted octanol–water partition coefficient (Wildman–Crippen LogP) is 2.33. The van der Waals surface area contributed by atoms with Crippen LogP contribution in [-0.4, -0.2) is 43.9 Å². The fraction of sp³-hybridized carbons (Fsp3) is 0.529. The maximum Gasteiger partial charge on any atom is 0.408 e. The number of nitrogens with one attached hydrogen (secondary N) is 1. The molecule has 2 rings (SSSR count). The molecule has 0 aromatic heterocycles. The van der Waals surface area contributed by atoms with Crippen molar-refractivity contribution >= 4 is 17.7 Å². The van der Waals surface area contributed by atoms with Crippen molar-refractivity contribution in [1.29, 1.82) is 0 Å². The molecule has 1 heterocycles. The molecule has 1 N–H and O–H groups in total. The van der Waals surface area contributed by atoms with Crippen molar-refractivity contribution in [3.63, 3.8) is 0 Å². The van der Waals surface area contributed by atoms with Gasteiger partial charge in [0.05, 0.1) is 25.9 Å². The molecule has 0 radical (unpaired) electrons. The Morgan fingerprint density at radius 1 is 1.21 bits per heavy atom. The highest BCUT2D eigenvalue weighted by Gasteiger charge is 2.47. The van der Waals surface area contributed by atoms with Crippen molar-refractivity contribution in [3.8, 4) is 11.5 Å². The van der Waals surface area contributed by atoms with Crippen LogP contribution in [0, 0.1) is 0 Å². The molecular weight excluding hydrogens is 312 g/mol. The Hall–Kier alpha value is -2.44. The van der Waals surface area contributed by atoms with Crippen LogP contribution in [-0.2, 0) is 9.53 Å². The zero-order valence-electron chi connectivity index (χ0n) is 14.9. The third-order valence-corrected chi connectivity index (χ3v) is 3.71. The van der Waals surface area contributed by atoms with E-state index in [4.69, 9.17) is 14.2 Å². The Labute approximate surface area is 141 Å². The van der Waals surface area contributed by atoms with E-state index in [1.165, 1.54) is 7.11 Å². The second-order valence-corrected chi connectivity index (χ2v) is 6.61. The van der Waals surface area contributed by atoms with Crippen LogP contribution in [0.5, 0.6) is 11.5 Å². The Morgan fingerprint density at radius 2 is 1.88 bits per heavy atom. The molecule has 2 amide bonds. The maximum absolute atomic E-state index is 12.5. The average molecular weight is 336 g/mol. The zero-order valence-corrected chi connectivity index (χ0v) is 14.9. The number of carbonyl (C=O) groups is 2. The number of amides is 2. The first-order valence-electron chi connectivity index (χ1n) is 7.72. The standard InChI is InChI=1S/C17H24N2O5/c1-10-14(18-16(21)24-17(2,3)4)15(20)19(10)12-8-7-11(22-5)9-13(12)23-6/h7-10,14H,1-6H3,(H,18,21). The molecule has 1 aromatic rings. The highest BCUT2D eigenvalue weighted by molar-refractivity contribution is 6.07. The quantitative estimate of drug-likeness (QED) is 0.854. The lowest BCUT2D eigenvalue weighted by Gasteiger charge is -2.45. The maximum atomic E-state index is 12.5. The van der Waals surface area contributed by atoms with E-state index in [-0.39, 0.29) is 11.9 Å². The number of methoxy groups -OCH3 is 2. The van der Waals surface area contributed by atoms with Gasteiger partial charge in [-0.05, 0) is 39.8 Å². The summed E-state index contributed by atoms with van der Waals surface area (Å²) in [6.07, 6.45) is -0.603. The van der Waals surface area contributed by atoms with Gasteiger partial charge in [-0.3, -0.25) is 4.79 Å². The van der Waals surface area contributed by atoms with Crippen LogP contribution in [0.4, 0.5) is 10.5 Å². The first-order chi connectivity index (χ1) is 11.2. The van der Waals surface area contributed by atoms with Gasteiger partial charge in [0, 0.05) is 6.07 Å². The lowest BCUT2D eigenvalue weighted by atomic mass is 9.95. The molecule has 132 valence electrons. The summed E-state index contributed by atoms with van der Waals surface area (Å²) >= 11 is 0. The highest BCUT2D eigenvalue weighted by atomic mass is 16.6. The van der Waals surface area contributed by atoms with Crippen molar-refractivity contribution in [1.82, 2.24) is 5.32 Å². The van der Waals surface area contributed by atoms with Crippen molar-refractivity contribution in [2.75, 3.05) is 19.1 Å². The molecule has 1 saturated heterocycles. The van der Waals surface area contributed by atoms with E-state index in [1.807, 2.05) is 6.92 Å². The van der Waals surface area contributed by atoms with Crippen LogP contribution < -0.4 is 19.7 Å². The van der Waals surface area contributed by atoms with Crippen LogP contribution in [0.3, 0.4) is 0 Å². The Morgan fingerprint density at radius 3 is 2.38 bits per heavy atom. The van der Waals surface area contributed by atoms with E-state index in [1.54, 1.807) is 51.0 Å². The van der Waals surface area contributed by atoms with Gasteiger partial charge >= 0.3 is 6.09 Å². The SMILES string of the molecule is COc1ccc(N2C(=O)C(NC(=O)OC(C)(C)C)C2C)c(OC)c1. The van der Waals surface area contributed by atoms with Gasteiger partial charge in [0.25, 0.3) is 5.91 Å². The lowest BCUT2D eigenvalue weighted by molar-refractivity contribution is -0.126. The lowest BCUT2D eigenvalue weighted by Crippen LogP contribution is -2.70. The largest absolute Gasteiger partial charge is 0.497 e. The average Bonchev–Trinajstić information content (AvgIpc) is 2.51. The summed E-state index contributed by atoms with van der Waals surface area (Å²) in [7, 11) is 3.09. The molecular formula is C17H24N2O5. The zero-order chi connectivity index (χ0) is 18.1. The van der Waals surface area contributed by atoms with Gasteiger partial charge in [-0.2, -0.15) is 0 Å². The summed E-state index contributed by atoms with van der Waals surface area (Å²) in [5.74, 6) is 0.960. The number of rotatable bonds is 4. The summed E-state index contributed by atoms with van der Waals surface area (Å²) in [6.45, 7) is 7.17. The molecule has 24 heavy (non-hydrogen) atoms. The van der Waals surface area contributed by atoms with Crippen molar-refractivity contribution < 1.29 is 23.8 Å². The fourth-order valence-electron chi connectivity index (χ4n) is 2.56. The van der Waals surface area contributed by atoms with E-state index in [0.29, 0.717) is 17.2 Å². The number of alkyl carbamates (subject to hydrolysis) is 1. The number of nitrogens with zero attached hydrogens (tertiary/aromatic N) is 1. The topological polar surface area (TPSA) is 77.1 Å². The second-order valence-electron chi connectivity index (χ2n) is 6.61. The van der Waals surface area contributed by atoms with E-state index in [2.05, 4.69) is 5.32 Å². The number of carbonyl (C=O) groups excluding carboxylic acids is 2. The van der Waals surface area contributed by atoms with Gasteiger partial charge in [-0.1, -0.05) is 0 Å². The molecule has 0 spiro atoms. The number of hydrogen-bond acceptors (Lipinski definition) is 5. The van der Waals surface area contributed by atoms with Gasteiger partial charge < -0.3 is 24.4 Å². The van der Waals surface area contributed by atoms with Gasteiger partial charge in [0.1, 0.15) is 23.1 Å². The van der Waals surface area contributed by atoms with Gasteiger partial charge in [-0.25, -0.2) is 4.79 Å². The summed E-state index contributed by atoms with van der Waals surface area (Å²) in [4.78, 5) is 25.9. The Balaban J connectivity index is 2.11.